The lowest BCUT2D eigenvalue weighted by molar-refractivity contribution is -0.199. The van der Waals surface area contributed by atoms with Gasteiger partial charge in [0.2, 0.25) is 5.91 Å². The van der Waals surface area contributed by atoms with Crippen LogP contribution >= 0.6 is 0 Å². The maximum Gasteiger partial charge on any atom is 0.463 e. The molecule has 7 heteroatoms. The van der Waals surface area contributed by atoms with E-state index >= 15 is 0 Å². The number of hydrogen-bond donors (Lipinski definition) is 3. The Morgan fingerprint density at radius 2 is 1.97 bits per heavy atom. The molecule has 32 heavy (non-hydrogen) atoms. The number of benzene rings is 1. The second-order valence-electron chi connectivity index (χ2n) is 10.9. The van der Waals surface area contributed by atoms with Crippen molar-refractivity contribution in [2.24, 2.45) is 28.7 Å². The highest BCUT2D eigenvalue weighted by molar-refractivity contribution is 6.47. The third-order valence-electron chi connectivity index (χ3n) is 8.54. The minimum absolute atomic E-state index is 0.0281. The summed E-state index contributed by atoms with van der Waals surface area (Å²) in [5, 5.41) is 3.08. The number of unbranched alkanes of at least 4 members (excludes halogenated alkanes) is 1. The summed E-state index contributed by atoms with van der Waals surface area (Å²) in [5.74, 6) is 1.16. The van der Waals surface area contributed by atoms with E-state index in [9.17, 15) is 4.79 Å². The van der Waals surface area contributed by atoms with Crippen molar-refractivity contribution >= 4 is 13.0 Å². The molecule has 4 aliphatic rings. The first-order chi connectivity index (χ1) is 15.3. The van der Waals surface area contributed by atoms with E-state index in [1.54, 1.807) is 0 Å². The minimum atomic E-state index is -0.502. The molecule has 1 aliphatic heterocycles. The number of rotatable bonds is 10. The van der Waals surface area contributed by atoms with Gasteiger partial charge < -0.3 is 26.1 Å². The molecule has 1 aromatic rings. The first kappa shape index (κ1) is 23.7. The van der Waals surface area contributed by atoms with Gasteiger partial charge in [0.1, 0.15) is 0 Å². The van der Waals surface area contributed by atoms with E-state index in [0.717, 1.165) is 25.7 Å². The molecule has 3 saturated carbocycles. The molecule has 5 N–H and O–H groups in total. The molecule has 4 fully saturated rings. The van der Waals surface area contributed by atoms with Crippen molar-refractivity contribution in [2.45, 2.75) is 82.9 Å². The van der Waals surface area contributed by atoms with Crippen molar-refractivity contribution in [2.75, 3.05) is 13.1 Å². The lowest BCUT2D eigenvalue weighted by Crippen LogP contribution is -2.65. The van der Waals surface area contributed by atoms with E-state index in [2.05, 4.69) is 38.2 Å². The van der Waals surface area contributed by atoms with Crippen LogP contribution in [0.25, 0.3) is 0 Å². The number of carbonyl (C=O) groups excluding carboxylic acids is 1. The predicted molar refractivity (Wildman–Crippen MR) is 128 cm³/mol. The average molecular weight is 441 g/mol. The quantitative estimate of drug-likeness (QED) is 0.383. The minimum Gasteiger partial charge on any atom is -0.405 e. The van der Waals surface area contributed by atoms with Gasteiger partial charge in [0.25, 0.3) is 0 Å². The molecule has 0 spiro atoms. The number of nitrogens with two attached hydrogens (primary N) is 2. The van der Waals surface area contributed by atoms with E-state index in [4.69, 9.17) is 20.8 Å². The number of amides is 1. The maximum atomic E-state index is 12.6. The molecule has 0 aromatic heterocycles. The van der Waals surface area contributed by atoms with Gasteiger partial charge in [-0.25, -0.2) is 0 Å². The predicted octanol–water partition coefficient (Wildman–Crippen LogP) is 2.90. The fourth-order valence-electron chi connectivity index (χ4n) is 6.29. The second kappa shape index (κ2) is 9.45. The van der Waals surface area contributed by atoms with Crippen LogP contribution in [0.2, 0.25) is 5.82 Å². The lowest BCUT2D eigenvalue weighted by Gasteiger charge is -2.64. The van der Waals surface area contributed by atoms with Gasteiger partial charge in [-0.2, -0.15) is 0 Å². The summed E-state index contributed by atoms with van der Waals surface area (Å²) in [7, 11) is -0.325. The highest BCUT2D eigenvalue weighted by Gasteiger charge is 2.68. The Kier molecular flexibility index (Phi) is 7.01. The highest BCUT2D eigenvalue weighted by atomic mass is 16.7. The monoisotopic (exact) mass is 441 g/mol. The van der Waals surface area contributed by atoms with E-state index in [0.29, 0.717) is 36.8 Å². The zero-order valence-corrected chi connectivity index (χ0v) is 19.9. The number of nitrogens with one attached hydrogen (secondary N) is 1. The standard InChI is InChI=1S/C25H40BN3O3/c1-24(2)18-14-21(24)25(3)22(15-18)31-26(32-25)19(13-17-9-5-4-6-10-17)16-29-23(30)20(28)11-7-8-12-27/h4-6,9-10,18-22H,7-8,11-16,27-28H2,1-3H3,(H,29,30)/t18?,19-,20-,21?,22?,25-/m0/s1. The molecule has 1 amide bonds. The van der Waals surface area contributed by atoms with E-state index in [-0.39, 0.29) is 30.5 Å². The SMILES string of the molecule is CC1(C)C2CC3OB([C@H](CNC(=O)[C@@H](N)CCCCN)Cc4ccccc4)O[C@@]3(C)C1C2. The molecule has 6 atom stereocenters. The molecule has 0 radical (unpaired) electrons. The molecule has 2 bridgehead atoms. The molecule has 176 valence electrons. The van der Waals surface area contributed by atoms with Gasteiger partial charge in [0, 0.05) is 12.4 Å². The molecule has 5 rings (SSSR count). The Labute approximate surface area is 193 Å². The van der Waals surface area contributed by atoms with E-state index in [1.807, 2.05) is 18.2 Å². The van der Waals surface area contributed by atoms with Crippen molar-refractivity contribution in [1.82, 2.24) is 5.32 Å². The van der Waals surface area contributed by atoms with Crippen LogP contribution in [-0.2, 0) is 20.5 Å². The Morgan fingerprint density at radius 3 is 2.66 bits per heavy atom. The summed E-state index contributed by atoms with van der Waals surface area (Å²) in [6.07, 6.45) is 5.62. The van der Waals surface area contributed by atoms with Crippen LogP contribution in [0.4, 0.5) is 0 Å². The van der Waals surface area contributed by atoms with Crippen molar-refractivity contribution in [3.63, 3.8) is 0 Å². The number of hydrogen-bond acceptors (Lipinski definition) is 5. The second-order valence-corrected chi connectivity index (χ2v) is 10.9. The van der Waals surface area contributed by atoms with Crippen LogP contribution in [0.1, 0.15) is 58.4 Å². The zero-order valence-electron chi connectivity index (χ0n) is 19.9. The van der Waals surface area contributed by atoms with Crippen molar-refractivity contribution in [3.05, 3.63) is 35.9 Å². The normalized spacial score (nSPS) is 32.0. The van der Waals surface area contributed by atoms with Gasteiger partial charge in [-0.05, 0) is 68.4 Å². The molecule has 3 aliphatic carbocycles. The fourth-order valence-corrected chi connectivity index (χ4v) is 6.29. The molecule has 6 nitrogen and oxygen atoms in total. The third-order valence-corrected chi connectivity index (χ3v) is 8.54. The van der Waals surface area contributed by atoms with Crippen LogP contribution in [0.15, 0.2) is 30.3 Å². The summed E-state index contributed by atoms with van der Waals surface area (Å²) in [6, 6.07) is 9.86. The molecule has 3 unspecified atom stereocenters. The first-order valence-electron chi connectivity index (χ1n) is 12.4. The molecular formula is C25H40BN3O3. The van der Waals surface area contributed by atoms with Crippen LogP contribution in [0.3, 0.4) is 0 Å². The Bertz CT molecular complexity index is 792. The van der Waals surface area contributed by atoms with E-state index in [1.165, 1.54) is 12.0 Å². The largest absolute Gasteiger partial charge is 0.463 e. The Morgan fingerprint density at radius 1 is 1.22 bits per heavy atom. The summed E-state index contributed by atoms with van der Waals surface area (Å²) in [6.45, 7) is 8.10. The fraction of sp³-hybridized carbons (Fsp3) is 0.720. The Hall–Kier alpha value is -1.41. The Balaban J connectivity index is 1.43. The first-order valence-corrected chi connectivity index (χ1v) is 12.4. The van der Waals surface area contributed by atoms with Gasteiger partial charge in [-0.1, -0.05) is 50.6 Å². The van der Waals surface area contributed by atoms with Crippen LogP contribution in [-0.4, -0.2) is 43.9 Å². The summed E-state index contributed by atoms with van der Waals surface area (Å²) in [5.41, 5.74) is 12.9. The van der Waals surface area contributed by atoms with Crippen molar-refractivity contribution in [1.29, 1.82) is 0 Å². The summed E-state index contributed by atoms with van der Waals surface area (Å²) < 4.78 is 13.3. The lowest BCUT2D eigenvalue weighted by atomic mass is 9.43. The number of carbonyl (C=O) groups is 1. The van der Waals surface area contributed by atoms with Crippen molar-refractivity contribution in [3.8, 4) is 0 Å². The third kappa shape index (κ3) is 4.50. The van der Waals surface area contributed by atoms with Crippen LogP contribution in [0, 0.1) is 17.3 Å². The topological polar surface area (TPSA) is 99.6 Å². The van der Waals surface area contributed by atoms with Gasteiger partial charge in [0.15, 0.2) is 0 Å². The van der Waals surface area contributed by atoms with Gasteiger partial charge in [0.05, 0.1) is 17.7 Å². The molecule has 1 saturated heterocycles. The molecule has 1 aromatic carbocycles. The average Bonchev–Trinajstić information content (AvgIpc) is 3.14. The van der Waals surface area contributed by atoms with Crippen LogP contribution < -0.4 is 16.8 Å². The molecule has 1 heterocycles. The van der Waals surface area contributed by atoms with Crippen molar-refractivity contribution < 1.29 is 14.1 Å². The smallest absolute Gasteiger partial charge is 0.405 e. The zero-order chi connectivity index (χ0) is 22.9. The molecular weight excluding hydrogens is 401 g/mol. The van der Waals surface area contributed by atoms with E-state index < -0.39 is 6.04 Å². The van der Waals surface area contributed by atoms with Gasteiger partial charge in [-0.15, -0.1) is 0 Å². The summed E-state index contributed by atoms with van der Waals surface area (Å²) >= 11 is 0. The highest BCUT2D eigenvalue weighted by Crippen LogP contribution is 2.66. The summed E-state index contributed by atoms with van der Waals surface area (Å²) in [4.78, 5) is 12.6. The maximum absolute atomic E-state index is 12.6. The van der Waals surface area contributed by atoms with Gasteiger partial charge in [-0.3, -0.25) is 4.79 Å². The van der Waals surface area contributed by atoms with Crippen LogP contribution in [0.5, 0.6) is 0 Å². The van der Waals surface area contributed by atoms with Gasteiger partial charge >= 0.3 is 7.12 Å².